The Hall–Kier alpha value is -2.09. The van der Waals surface area contributed by atoms with Crippen molar-refractivity contribution >= 4 is 5.91 Å². The standard InChI is InChI=1S/C21H27NO/c1-5-20(19-12-8-16(3)14-17(19)4)22-21(23)13-11-18-9-6-15(2)7-10-18/h6-10,12,14,20H,5,11,13H2,1-4H3,(H,22,23). The second-order valence-corrected chi connectivity index (χ2v) is 6.37. The third-order valence-corrected chi connectivity index (χ3v) is 4.31. The van der Waals surface area contributed by atoms with Crippen LogP contribution in [-0.4, -0.2) is 5.91 Å². The van der Waals surface area contributed by atoms with Crippen LogP contribution in [0.15, 0.2) is 42.5 Å². The summed E-state index contributed by atoms with van der Waals surface area (Å²) >= 11 is 0. The Kier molecular flexibility index (Phi) is 5.97. The molecule has 2 heteroatoms. The molecule has 0 heterocycles. The molecule has 1 amide bonds. The Morgan fingerprint density at radius 2 is 1.65 bits per heavy atom. The van der Waals surface area contributed by atoms with Crippen LogP contribution in [0, 0.1) is 20.8 Å². The zero-order valence-electron chi connectivity index (χ0n) is 14.6. The second kappa shape index (κ2) is 7.96. The van der Waals surface area contributed by atoms with Crippen LogP contribution >= 0.6 is 0 Å². The summed E-state index contributed by atoms with van der Waals surface area (Å²) in [6.45, 7) is 8.40. The van der Waals surface area contributed by atoms with Crippen molar-refractivity contribution < 1.29 is 4.79 Å². The van der Waals surface area contributed by atoms with Crippen LogP contribution in [0.3, 0.4) is 0 Å². The molecule has 0 aliphatic heterocycles. The van der Waals surface area contributed by atoms with Crippen molar-refractivity contribution in [1.82, 2.24) is 5.32 Å². The van der Waals surface area contributed by atoms with Crippen molar-refractivity contribution in [3.63, 3.8) is 0 Å². The maximum atomic E-state index is 12.3. The first-order valence-electron chi connectivity index (χ1n) is 8.41. The van der Waals surface area contributed by atoms with Gasteiger partial charge in [0, 0.05) is 6.42 Å². The van der Waals surface area contributed by atoms with Gasteiger partial charge in [-0.2, -0.15) is 0 Å². The van der Waals surface area contributed by atoms with Gasteiger partial charge in [0.25, 0.3) is 0 Å². The first kappa shape index (κ1) is 17.3. The van der Waals surface area contributed by atoms with Crippen LogP contribution in [0.25, 0.3) is 0 Å². The fourth-order valence-corrected chi connectivity index (χ4v) is 2.90. The highest BCUT2D eigenvalue weighted by Crippen LogP contribution is 2.22. The molecule has 2 aromatic rings. The SMILES string of the molecule is CCC(NC(=O)CCc1ccc(C)cc1)c1ccc(C)cc1C. The maximum Gasteiger partial charge on any atom is 0.220 e. The molecule has 2 aromatic carbocycles. The van der Waals surface area contributed by atoms with E-state index in [1.807, 2.05) is 0 Å². The van der Waals surface area contributed by atoms with E-state index < -0.39 is 0 Å². The van der Waals surface area contributed by atoms with E-state index in [2.05, 4.69) is 75.5 Å². The summed E-state index contributed by atoms with van der Waals surface area (Å²) in [4.78, 5) is 12.3. The summed E-state index contributed by atoms with van der Waals surface area (Å²) < 4.78 is 0. The summed E-state index contributed by atoms with van der Waals surface area (Å²) in [5, 5.41) is 3.19. The van der Waals surface area contributed by atoms with Gasteiger partial charge in [-0.3, -0.25) is 4.79 Å². The number of hydrogen-bond donors (Lipinski definition) is 1. The average molecular weight is 309 g/mol. The monoisotopic (exact) mass is 309 g/mol. The topological polar surface area (TPSA) is 29.1 Å². The lowest BCUT2D eigenvalue weighted by Crippen LogP contribution is -2.28. The maximum absolute atomic E-state index is 12.3. The van der Waals surface area contributed by atoms with Crippen molar-refractivity contribution in [1.29, 1.82) is 0 Å². The fourth-order valence-electron chi connectivity index (χ4n) is 2.90. The highest BCUT2D eigenvalue weighted by atomic mass is 16.1. The predicted molar refractivity (Wildman–Crippen MR) is 96.6 cm³/mol. The number of aryl methyl sites for hydroxylation is 4. The zero-order chi connectivity index (χ0) is 16.8. The van der Waals surface area contributed by atoms with E-state index in [9.17, 15) is 4.79 Å². The molecular formula is C21H27NO. The third kappa shape index (κ3) is 4.95. The Balaban J connectivity index is 1.95. The molecule has 1 N–H and O–H groups in total. The first-order chi connectivity index (χ1) is 11.0. The Bertz CT molecular complexity index is 658. The van der Waals surface area contributed by atoms with Gasteiger partial charge in [-0.25, -0.2) is 0 Å². The van der Waals surface area contributed by atoms with Gasteiger partial charge in [0.05, 0.1) is 6.04 Å². The molecule has 0 radical (unpaired) electrons. The third-order valence-electron chi connectivity index (χ3n) is 4.31. The first-order valence-corrected chi connectivity index (χ1v) is 8.41. The smallest absolute Gasteiger partial charge is 0.220 e. The molecular weight excluding hydrogens is 282 g/mol. The van der Waals surface area contributed by atoms with Crippen LogP contribution in [0.5, 0.6) is 0 Å². The number of carbonyl (C=O) groups excluding carboxylic acids is 1. The molecule has 0 bridgehead atoms. The van der Waals surface area contributed by atoms with Gasteiger partial charge in [0.15, 0.2) is 0 Å². The summed E-state index contributed by atoms with van der Waals surface area (Å²) in [5.41, 5.74) is 6.19. The number of carbonyl (C=O) groups is 1. The fraction of sp³-hybridized carbons (Fsp3) is 0.381. The van der Waals surface area contributed by atoms with E-state index in [0.29, 0.717) is 6.42 Å². The predicted octanol–water partition coefficient (Wildman–Crippen LogP) is 4.81. The van der Waals surface area contributed by atoms with Gasteiger partial charge in [0.1, 0.15) is 0 Å². The van der Waals surface area contributed by atoms with Crippen molar-refractivity contribution in [3.05, 3.63) is 70.3 Å². The largest absolute Gasteiger partial charge is 0.349 e. The minimum absolute atomic E-state index is 0.0983. The van der Waals surface area contributed by atoms with Crippen LogP contribution < -0.4 is 5.32 Å². The Labute approximate surface area is 139 Å². The highest BCUT2D eigenvalue weighted by Gasteiger charge is 2.14. The van der Waals surface area contributed by atoms with E-state index in [1.165, 1.54) is 27.8 Å². The Morgan fingerprint density at radius 3 is 2.26 bits per heavy atom. The number of benzene rings is 2. The van der Waals surface area contributed by atoms with Gasteiger partial charge < -0.3 is 5.32 Å². The minimum atomic E-state index is 0.0983. The van der Waals surface area contributed by atoms with E-state index in [1.54, 1.807) is 0 Å². The van der Waals surface area contributed by atoms with E-state index in [4.69, 9.17) is 0 Å². The number of rotatable bonds is 6. The van der Waals surface area contributed by atoms with Crippen molar-refractivity contribution in [3.8, 4) is 0 Å². The lowest BCUT2D eigenvalue weighted by atomic mass is 9.97. The second-order valence-electron chi connectivity index (χ2n) is 6.37. The van der Waals surface area contributed by atoms with E-state index >= 15 is 0 Å². The molecule has 2 nitrogen and oxygen atoms in total. The lowest BCUT2D eigenvalue weighted by Gasteiger charge is -2.20. The van der Waals surface area contributed by atoms with Crippen molar-refractivity contribution in [2.45, 2.75) is 53.0 Å². The molecule has 23 heavy (non-hydrogen) atoms. The molecule has 0 fully saturated rings. The molecule has 1 atom stereocenters. The minimum Gasteiger partial charge on any atom is -0.349 e. The van der Waals surface area contributed by atoms with Crippen LogP contribution in [-0.2, 0) is 11.2 Å². The molecule has 0 saturated carbocycles. The lowest BCUT2D eigenvalue weighted by molar-refractivity contribution is -0.121. The summed E-state index contributed by atoms with van der Waals surface area (Å²) in [6.07, 6.45) is 2.22. The van der Waals surface area contributed by atoms with Crippen molar-refractivity contribution in [2.24, 2.45) is 0 Å². The number of nitrogens with one attached hydrogen (secondary N) is 1. The van der Waals surface area contributed by atoms with Crippen molar-refractivity contribution in [2.75, 3.05) is 0 Å². The van der Waals surface area contributed by atoms with E-state index in [0.717, 1.165) is 12.8 Å². The molecule has 0 aromatic heterocycles. The van der Waals surface area contributed by atoms with E-state index in [-0.39, 0.29) is 11.9 Å². The van der Waals surface area contributed by atoms with Gasteiger partial charge in [-0.1, -0.05) is 60.5 Å². The van der Waals surface area contributed by atoms with Gasteiger partial charge in [-0.15, -0.1) is 0 Å². The Morgan fingerprint density at radius 1 is 1.00 bits per heavy atom. The summed E-state index contributed by atoms with van der Waals surface area (Å²) in [7, 11) is 0. The van der Waals surface area contributed by atoms with Gasteiger partial charge in [0.2, 0.25) is 5.91 Å². The quantitative estimate of drug-likeness (QED) is 0.815. The molecule has 1 unspecified atom stereocenters. The number of hydrogen-bond acceptors (Lipinski definition) is 1. The molecule has 0 saturated heterocycles. The molecule has 0 aliphatic rings. The summed E-state index contributed by atoms with van der Waals surface area (Å²) in [6, 6.07) is 14.9. The average Bonchev–Trinajstić information content (AvgIpc) is 2.52. The van der Waals surface area contributed by atoms with Gasteiger partial charge in [-0.05, 0) is 50.3 Å². The van der Waals surface area contributed by atoms with Gasteiger partial charge >= 0.3 is 0 Å². The normalized spacial score (nSPS) is 12.0. The molecule has 2 rings (SSSR count). The highest BCUT2D eigenvalue weighted by molar-refractivity contribution is 5.76. The molecule has 0 aliphatic carbocycles. The molecule has 0 spiro atoms. The van der Waals surface area contributed by atoms with Crippen LogP contribution in [0.1, 0.15) is 53.6 Å². The number of amides is 1. The molecule has 122 valence electrons. The van der Waals surface area contributed by atoms with Crippen LogP contribution in [0.4, 0.5) is 0 Å². The summed E-state index contributed by atoms with van der Waals surface area (Å²) in [5.74, 6) is 0.123. The zero-order valence-corrected chi connectivity index (χ0v) is 14.6. The van der Waals surface area contributed by atoms with Crippen LogP contribution in [0.2, 0.25) is 0 Å².